The minimum atomic E-state index is -1.39. The van der Waals surface area contributed by atoms with Gasteiger partial charge in [-0.15, -0.1) is 13.2 Å². The van der Waals surface area contributed by atoms with Crippen LogP contribution in [-0.2, 0) is 33.4 Å². The van der Waals surface area contributed by atoms with Crippen LogP contribution in [0.25, 0.3) is 0 Å². The maximum atomic E-state index is 15.1. The zero-order valence-electron chi connectivity index (χ0n) is 30.3. The first-order chi connectivity index (χ1) is 25.0. The average Bonchev–Trinajstić information content (AvgIpc) is 3.73. The van der Waals surface area contributed by atoms with Crippen molar-refractivity contribution in [1.82, 2.24) is 10.2 Å². The van der Waals surface area contributed by atoms with Crippen LogP contribution in [0, 0.1) is 25.7 Å². The molecule has 3 heterocycles. The lowest BCUT2D eigenvalue weighted by Crippen LogP contribution is -2.59. The lowest BCUT2D eigenvalue weighted by Gasteiger charge is -2.39. The Morgan fingerprint density at radius 3 is 2.42 bits per heavy atom. The topological polar surface area (TPSA) is 135 Å². The van der Waals surface area contributed by atoms with E-state index in [0.717, 1.165) is 11.1 Å². The number of aliphatic hydroxyl groups is 1. The third-order valence-corrected chi connectivity index (χ3v) is 11.4. The fourth-order valence-corrected chi connectivity index (χ4v) is 9.29. The minimum absolute atomic E-state index is 0.0428. The van der Waals surface area contributed by atoms with E-state index in [0.29, 0.717) is 24.1 Å². The van der Waals surface area contributed by atoms with E-state index >= 15 is 4.79 Å². The number of nitrogens with zero attached hydrogens (tertiary/aromatic N) is 2. The number of hydrogen-bond acceptors (Lipinski definition) is 8. The molecule has 2 aromatic carbocycles. The number of alkyl halides is 1. The van der Waals surface area contributed by atoms with Crippen molar-refractivity contribution in [1.29, 1.82) is 0 Å². The van der Waals surface area contributed by atoms with E-state index in [2.05, 4.69) is 34.4 Å². The second-order valence-corrected chi connectivity index (χ2v) is 15.0. The van der Waals surface area contributed by atoms with Gasteiger partial charge in [-0.3, -0.25) is 19.2 Å². The molecule has 2 aromatic rings. The molecule has 0 radical (unpaired) electrons. The summed E-state index contributed by atoms with van der Waals surface area (Å²) >= 11 is 3.74. The molecule has 12 heteroatoms. The maximum Gasteiger partial charge on any atom is 0.313 e. The molecule has 5 rings (SSSR count). The van der Waals surface area contributed by atoms with Gasteiger partial charge in [0.15, 0.2) is 0 Å². The van der Waals surface area contributed by atoms with Gasteiger partial charge in [-0.1, -0.05) is 83.5 Å². The molecule has 3 saturated heterocycles. The fourth-order valence-electron chi connectivity index (χ4n) is 8.35. The highest BCUT2D eigenvalue weighted by molar-refractivity contribution is 9.09. The molecule has 2 N–H and O–H groups in total. The third kappa shape index (κ3) is 7.22. The molecule has 1 unspecified atom stereocenters. The van der Waals surface area contributed by atoms with Gasteiger partial charge in [-0.25, -0.2) is 0 Å². The lowest BCUT2D eigenvalue weighted by atomic mass is 9.70. The summed E-state index contributed by atoms with van der Waals surface area (Å²) in [6, 6.07) is 12.2. The van der Waals surface area contributed by atoms with Crippen molar-refractivity contribution in [3.63, 3.8) is 0 Å². The number of likely N-dealkylation sites (tertiary alicyclic amines) is 1. The number of amides is 3. The second kappa shape index (κ2) is 16.9. The van der Waals surface area contributed by atoms with Gasteiger partial charge in [-0.05, 0) is 49.8 Å². The molecule has 3 amide bonds. The molecule has 280 valence electrons. The number of halogens is 1. The predicted molar refractivity (Wildman–Crippen MR) is 201 cm³/mol. The molecule has 0 saturated carbocycles. The fraction of sp³-hybridized carbons (Fsp3) is 0.500. The number of para-hydroxylation sites is 1. The van der Waals surface area contributed by atoms with Gasteiger partial charge < -0.3 is 34.4 Å². The third-order valence-electron chi connectivity index (χ3n) is 10.6. The standard InChI is InChI=1S/C40H50BrN3O8/c1-7-10-19-30(46)42-29(23-50-6)34(26-17-12-11-13-18-26)51-39(49)31-32-37(47)44(27(9-3)22-45)36(40(32)21-28(41)35(31)52-40)38(48)43(20-8-2)33-24(4)15-14-16-25(33)5/h7-8,11-18,27-29,31-32,34-36,45H,1-2,9-10,19-23H2,3-6H3,(H,42,46)/t27-,28?,29+,31-,32+,34+,35-,36-,40+/m0/s1. The van der Waals surface area contributed by atoms with Crippen molar-refractivity contribution >= 4 is 45.3 Å². The minimum Gasteiger partial charge on any atom is -0.455 e. The molecule has 1 spiro atoms. The molecular formula is C40H50BrN3O8. The number of carbonyl (C=O) groups excluding carboxylic acids is 4. The molecule has 3 aliphatic rings. The molecule has 11 nitrogen and oxygen atoms in total. The number of benzene rings is 2. The highest BCUT2D eigenvalue weighted by Gasteiger charge is 2.77. The number of esters is 1. The number of anilines is 1. The smallest absolute Gasteiger partial charge is 0.313 e. The first-order valence-corrected chi connectivity index (χ1v) is 18.8. The number of carbonyl (C=O) groups is 4. The number of aliphatic hydroxyl groups excluding tert-OH is 1. The summed E-state index contributed by atoms with van der Waals surface area (Å²) in [7, 11) is 1.50. The van der Waals surface area contributed by atoms with Gasteiger partial charge in [0, 0.05) is 30.6 Å². The Morgan fingerprint density at radius 2 is 1.83 bits per heavy atom. The zero-order valence-corrected chi connectivity index (χ0v) is 31.9. The van der Waals surface area contributed by atoms with Gasteiger partial charge >= 0.3 is 5.97 Å². The van der Waals surface area contributed by atoms with Gasteiger partial charge in [0.25, 0.3) is 5.91 Å². The quantitative estimate of drug-likeness (QED) is 0.134. The average molecular weight is 781 g/mol. The van der Waals surface area contributed by atoms with E-state index in [9.17, 15) is 19.5 Å². The Balaban J connectivity index is 1.56. The van der Waals surface area contributed by atoms with Crippen LogP contribution < -0.4 is 10.2 Å². The molecule has 2 bridgehead atoms. The Kier molecular flexibility index (Phi) is 12.8. The van der Waals surface area contributed by atoms with Crippen LogP contribution in [0.4, 0.5) is 5.69 Å². The molecule has 0 aromatic heterocycles. The first kappa shape index (κ1) is 39.4. The SMILES string of the molecule is C=CCCC(=O)N[C@H](COC)[C@H](OC(=O)[C@@H]1[C@H]2O[C@@]3(CC2Br)[C@H](C(=O)N(CC=C)c2c(C)cccc2C)N([C@@H](CC)CO)C(=O)[C@@H]13)c1ccccc1. The van der Waals surface area contributed by atoms with Gasteiger partial charge in [0.2, 0.25) is 11.8 Å². The number of ether oxygens (including phenoxy) is 3. The van der Waals surface area contributed by atoms with Crippen LogP contribution in [0.5, 0.6) is 0 Å². The number of methoxy groups -OCH3 is 1. The molecule has 9 atom stereocenters. The highest BCUT2D eigenvalue weighted by atomic mass is 79.9. The van der Waals surface area contributed by atoms with Crippen molar-refractivity contribution < 1.29 is 38.5 Å². The van der Waals surface area contributed by atoms with Crippen LogP contribution in [0.3, 0.4) is 0 Å². The number of nitrogens with one attached hydrogen (secondary N) is 1. The number of fused-ring (bicyclic) bond motifs is 1. The van der Waals surface area contributed by atoms with Gasteiger partial charge in [0.1, 0.15) is 17.7 Å². The van der Waals surface area contributed by atoms with Crippen molar-refractivity contribution in [2.75, 3.05) is 31.8 Å². The summed E-state index contributed by atoms with van der Waals surface area (Å²) in [6.45, 7) is 13.1. The van der Waals surface area contributed by atoms with Crippen molar-refractivity contribution in [2.45, 2.75) is 87.2 Å². The van der Waals surface area contributed by atoms with E-state index in [1.54, 1.807) is 29.2 Å². The molecular weight excluding hydrogens is 730 g/mol. The van der Waals surface area contributed by atoms with Crippen molar-refractivity contribution in [3.05, 3.63) is 90.5 Å². The van der Waals surface area contributed by atoms with Gasteiger partial charge in [-0.2, -0.15) is 0 Å². The van der Waals surface area contributed by atoms with E-state index < -0.39 is 59.6 Å². The molecule has 3 aliphatic heterocycles. The summed E-state index contributed by atoms with van der Waals surface area (Å²) in [4.78, 5) is 60.1. The normalized spacial score (nSPS) is 26.3. The highest BCUT2D eigenvalue weighted by Crippen LogP contribution is 2.61. The van der Waals surface area contributed by atoms with Crippen LogP contribution in [0.1, 0.15) is 55.4 Å². The van der Waals surface area contributed by atoms with Crippen molar-refractivity contribution in [3.8, 4) is 0 Å². The Hall–Kier alpha value is -3.84. The summed E-state index contributed by atoms with van der Waals surface area (Å²) in [5.41, 5.74) is 1.70. The van der Waals surface area contributed by atoms with E-state index in [-0.39, 0.29) is 49.2 Å². The number of rotatable bonds is 17. The Bertz CT molecular complexity index is 1630. The maximum absolute atomic E-state index is 15.1. The summed E-state index contributed by atoms with van der Waals surface area (Å²) in [5, 5.41) is 13.5. The largest absolute Gasteiger partial charge is 0.455 e. The molecule has 52 heavy (non-hydrogen) atoms. The molecule has 0 aliphatic carbocycles. The Labute approximate surface area is 314 Å². The zero-order chi connectivity index (χ0) is 37.7. The summed E-state index contributed by atoms with van der Waals surface area (Å²) < 4.78 is 18.6. The van der Waals surface area contributed by atoms with E-state index in [1.165, 1.54) is 12.0 Å². The summed E-state index contributed by atoms with van der Waals surface area (Å²) in [5.74, 6) is -3.90. The van der Waals surface area contributed by atoms with Crippen molar-refractivity contribution in [2.24, 2.45) is 11.8 Å². The van der Waals surface area contributed by atoms with E-state index in [1.807, 2.05) is 57.2 Å². The van der Waals surface area contributed by atoms with Crippen LogP contribution in [0.15, 0.2) is 73.8 Å². The van der Waals surface area contributed by atoms with Gasteiger partial charge in [0.05, 0.1) is 43.2 Å². The number of allylic oxidation sites excluding steroid dienone is 1. The first-order valence-electron chi connectivity index (χ1n) is 17.9. The van der Waals surface area contributed by atoms with Crippen LogP contribution in [0.2, 0.25) is 0 Å². The Morgan fingerprint density at radius 1 is 1.13 bits per heavy atom. The van der Waals surface area contributed by atoms with Crippen LogP contribution in [-0.4, -0.2) is 95.2 Å². The summed E-state index contributed by atoms with van der Waals surface area (Å²) in [6.07, 6.45) is 2.87. The monoisotopic (exact) mass is 779 g/mol. The second-order valence-electron chi connectivity index (χ2n) is 13.9. The molecule has 3 fully saturated rings. The number of aryl methyl sites for hydroxylation is 2. The lowest BCUT2D eigenvalue weighted by molar-refractivity contribution is -0.163. The predicted octanol–water partition coefficient (Wildman–Crippen LogP) is 4.72. The van der Waals surface area contributed by atoms with Crippen LogP contribution >= 0.6 is 15.9 Å². The number of hydrogen-bond donors (Lipinski definition) is 2. The van der Waals surface area contributed by atoms with E-state index in [4.69, 9.17) is 14.2 Å².